The second-order valence-electron chi connectivity index (χ2n) is 6.34. The Kier molecular flexibility index (Phi) is 4.46. The van der Waals surface area contributed by atoms with Crippen molar-refractivity contribution in [1.29, 1.82) is 0 Å². The van der Waals surface area contributed by atoms with E-state index in [2.05, 4.69) is 15.5 Å². The quantitative estimate of drug-likeness (QED) is 0.743. The van der Waals surface area contributed by atoms with Gasteiger partial charge in [-0.15, -0.1) is 10.2 Å². The van der Waals surface area contributed by atoms with Crippen molar-refractivity contribution >= 4 is 23.4 Å². The molecule has 2 atom stereocenters. The minimum atomic E-state index is -0.255. The van der Waals surface area contributed by atoms with Crippen molar-refractivity contribution in [2.24, 2.45) is 13.0 Å². The first-order valence-corrected chi connectivity index (χ1v) is 9.10. The van der Waals surface area contributed by atoms with E-state index < -0.39 is 0 Å². The number of aromatic nitrogens is 3. The fourth-order valence-corrected chi connectivity index (χ4v) is 3.64. The fourth-order valence-electron chi connectivity index (χ4n) is 2.87. The van der Waals surface area contributed by atoms with Crippen LogP contribution in [0.15, 0.2) is 64.9 Å². The monoisotopic (exact) mass is 368 g/mol. The van der Waals surface area contributed by atoms with Crippen LogP contribution in [-0.2, 0) is 11.8 Å². The third-order valence-corrected chi connectivity index (χ3v) is 5.49. The van der Waals surface area contributed by atoms with E-state index in [1.54, 1.807) is 18.5 Å². The SMILES string of the molecule is Cn1cnnc1Sc1ccc(NC(=O)C2CC2c2ccc(F)cc2)cc1. The Morgan fingerprint density at radius 1 is 1.19 bits per heavy atom. The van der Waals surface area contributed by atoms with Gasteiger partial charge in [0.2, 0.25) is 5.91 Å². The van der Waals surface area contributed by atoms with Crippen LogP contribution in [0.2, 0.25) is 0 Å². The zero-order valence-electron chi connectivity index (χ0n) is 14.1. The summed E-state index contributed by atoms with van der Waals surface area (Å²) >= 11 is 1.51. The summed E-state index contributed by atoms with van der Waals surface area (Å²) in [5, 5.41) is 11.7. The summed E-state index contributed by atoms with van der Waals surface area (Å²) in [6, 6.07) is 14.0. The van der Waals surface area contributed by atoms with Crippen LogP contribution in [0.1, 0.15) is 17.9 Å². The van der Waals surface area contributed by atoms with Crippen LogP contribution in [0.4, 0.5) is 10.1 Å². The number of nitrogens with one attached hydrogen (secondary N) is 1. The lowest BCUT2D eigenvalue weighted by atomic mass is 10.1. The molecule has 0 bridgehead atoms. The molecule has 4 rings (SSSR count). The van der Waals surface area contributed by atoms with Crippen LogP contribution in [-0.4, -0.2) is 20.7 Å². The lowest BCUT2D eigenvalue weighted by Crippen LogP contribution is -2.14. The molecule has 132 valence electrons. The number of nitrogens with zero attached hydrogens (tertiary/aromatic N) is 3. The zero-order chi connectivity index (χ0) is 18.1. The molecule has 5 nitrogen and oxygen atoms in total. The van der Waals surface area contributed by atoms with Crippen molar-refractivity contribution < 1.29 is 9.18 Å². The molecule has 1 fully saturated rings. The number of carbonyl (C=O) groups is 1. The van der Waals surface area contributed by atoms with E-state index in [9.17, 15) is 9.18 Å². The Morgan fingerprint density at radius 3 is 2.58 bits per heavy atom. The van der Waals surface area contributed by atoms with Gasteiger partial charge in [0, 0.05) is 23.5 Å². The first kappa shape index (κ1) is 16.8. The molecule has 1 saturated carbocycles. The third-order valence-electron chi connectivity index (χ3n) is 4.43. The highest BCUT2D eigenvalue weighted by Gasteiger charge is 2.43. The minimum absolute atomic E-state index is 0.00743. The molecular weight excluding hydrogens is 351 g/mol. The second kappa shape index (κ2) is 6.92. The number of carbonyl (C=O) groups excluding carboxylic acids is 1. The van der Waals surface area contributed by atoms with E-state index in [1.165, 1.54) is 23.9 Å². The predicted molar refractivity (Wildman–Crippen MR) is 97.4 cm³/mol. The molecule has 1 aromatic heterocycles. The molecule has 0 radical (unpaired) electrons. The van der Waals surface area contributed by atoms with Crippen molar-refractivity contribution in [1.82, 2.24) is 14.8 Å². The number of anilines is 1. The molecule has 1 heterocycles. The Balaban J connectivity index is 1.35. The van der Waals surface area contributed by atoms with Gasteiger partial charge in [0.05, 0.1) is 0 Å². The number of benzene rings is 2. The van der Waals surface area contributed by atoms with Crippen molar-refractivity contribution in [2.75, 3.05) is 5.32 Å². The van der Waals surface area contributed by atoms with Crippen molar-refractivity contribution in [3.8, 4) is 0 Å². The number of rotatable bonds is 5. The van der Waals surface area contributed by atoms with Gasteiger partial charge in [-0.25, -0.2) is 4.39 Å². The maximum atomic E-state index is 13.0. The Morgan fingerprint density at radius 2 is 1.92 bits per heavy atom. The van der Waals surface area contributed by atoms with Crippen LogP contribution < -0.4 is 5.32 Å². The van der Waals surface area contributed by atoms with Crippen LogP contribution in [0.3, 0.4) is 0 Å². The van der Waals surface area contributed by atoms with E-state index in [0.717, 1.165) is 27.7 Å². The van der Waals surface area contributed by atoms with Crippen LogP contribution in [0, 0.1) is 11.7 Å². The molecule has 2 unspecified atom stereocenters. The maximum Gasteiger partial charge on any atom is 0.228 e. The topological polar surface area (TPSA) is 59.8 Å². The molecule has 0 spiro atoms. The van der Waals surface area contributed by atoms with Crippen LogP contribution in [0.25, 0.3) is 0 Å². The van der Waals surface area contributed by atoms with Crippen molar-refractivity contribution in [3.63, 3.8) is 0 Å². The van der Waals surface area contributed by atoms with Gasteiger partial charge in [-0.3, -0.25) is 4.79 Å². The summed E-state index contributed by atoms with van der Waals surface area (Å²) in [5.41, 5.74) is 1.78. The highest BCUT2D eigenvalue weighted by Crippen LogP contribution is 2.48. The van der Waals surface area contributed by atoms with Gasteiger partial charge in [0.25, 0.3) is 0 Å². The van der Waals surface area contributed by atoms with E-state index in [-0.39, 0.29) is 23.6 Å². The third kappa shape index (κ3) is 3.62. The zero-order valence-corrected chi connectivity index (χ0v) is 14.9. The number of hydrogen-bond donors (Lipinski definition) is 1. The van der Waals surface area contributed by atoms with Crippen LogP contribution >= 0.6 is 11.8 Å². The number of halogens is 1. The average Bonchev–Trinajstić information content (AvgIpc) is 3.35. The predicted octanol–water partition coefficient (Wildman–Crippen LogP) is 3.85. The highest BCUT2D eigenvalue weighted by molar-refractivity contribution is 7.99. The van der Waals surface area contributed by atoms with Crippen molar-refractivity contribution in [2.45, 2.75) is 22.4 Å². The molecule has 1 aliphatic rings. The minimum Gasteiger partial charge on any atom is -0.326 e. The maximum absolute atomic E-state index is 13.0. The second-order valence-corrected chi connectivity index (χ2v) is 7.38. The lowest BCUT2D eigenvalue weighted by molar-refractivity contribution is -0.117. The molecule has 1 aliphatic carbocycles. The van der Waals surface area contributed by atoms with Gasteiger partial charge in [0.1, 0.15) is 12.1 Å². The summed E-state index contributed by atoms with van der Waals surface area (Å²) in [6.07, 6.45) is 2.46. The Bertz CT molecular complexity index is 923. The number of hydrogen-bond acceptors (Lipinski definition) is 4. The number of amides is 1. The Labute approximate surface area is 154 Å². The van der Waals surface area contributed by atoms with Crippen LogP contribution in [0.5, 0.6) is 0 Å². The van der Waals surface area contributed by atoms with Gasteiger partial charge in [-0.1, -0.05) is 12.1 Å². The molecule has 1 N–H and O–H groups in total. The first-order chi connectivity index (χ1) is 12.6. The Hall–Kier alpha value is -2.67. The van der Waals surface area contributed by atoms with Gasteiger partial charge in [-0.2, -0.15) is 0 Å². The van der Waals surface area contributed by atoms with E-state index >= 15 is 0 Å². The standard InChI is InChI=1S/C19H17FN4OS/c1-24-11-21-23-19(24)26-15-8-6-14(7-9-15)22-18(25)17-10-16(17)12-2-4-13(20)5-3-12/h2-9,11,16-17H,10H2,1H3,(H,22,25). The largest absolute Gasteiger partial charge is 0.326 e. The van der Waals surface area contributed by atoms with Gasteiger partial charge < -0.3 is 9.88 Å². The summed E-state index contributed by atoms with van der Waals surface area (Å²) in [4.78, 5) is 13.4. The lowest BCUT2D eigenvalue weighted by Gasteiger charge is -2.06. The van der Waals surface area contributed by atoms with E-state index in [4.69, 9.17) is 0 Å². The van der Waals surface area contributed by atoms with Gasteiger partial charge >= 0.3 is 0 Å². The molecule has 0 aliphatic heterocycles. The molecular formula is C19H17FN4OS. The van der Waals surface area contributed by atoms with Gasteiger partial charge in [0.15, 0.2) is 5.16 Å². The van der Waals surface area contributed by atoms with Crippen molar-refractivity contribution in [3.05, 3.63) is 66.2 Å². The molecule has 7 heteroatoms. The summed E-state index contributed by atoms with van der Waals surface area (Å²) in [6.45, 7) is 0. The number of aryl methyl sites for hydroxylation is 1. The van der Waals surface area contributed by atoms with Gasteiger partial charge in [-0.05, 0) is 66.1 Å². The molecule has 26 heavy (non-hydrogen) atoms. The average molecular weight is 368 g/mol. The normalized spacial score (nSPS) is 18.5. The molecule has 1 amide bonds. The molecule has 3 aromatic rings. The fraction of sp³-hybridized carbons (Fsp3) is 0.211. The molecule has 0 saturated heterocycles. The summed E-state index contributed by atoms with van der Waals surface area (Å²) < 4.78 is 14.8. The summed E-state index contributed by atoms with van der Waals surface area (Å²) in [5.74, 6) is -0.114. The summed E-state index contributed by atoms with van der Waals surface area (Å²) in [7, 11) is 1.89. The van der Waals surface area contributed by atoms with E-state index in [1.807, 2.05) is 35.9 Å². The highest BCUT2D eigenvalue weighted by atomic mass is 32.2. The van der Waals surface area contributed by atoms with E-state index in [0.29, 0.717) is 0 Å². The molecule has 2 aromatic carbocycles. The smallest absolute Gasteiger partial charge is 0.228 e. The first-order valence-electron chi connectivity index (χ1n) is 8.28.